The van der Waals surface area contributed by atoms with Crippen LogP contribution in [0.1, 0.15) is 32.7 Å². The molecule has 7 heteroatoms. The fraction of sp³-hybridized carbons (Fsp3) is 0.125. The maximum atomic E-state index is 11.7. The molecule has 2 aromatic carbocycles. The van der Waals surface area contributed by atoms with E-state index in [4.69, 9.17) is 11.0 Å². The summed E-state index contributed by atoms with van der Waals surface area (Å²) in [5, 5.41) is 12.9. The predicted octanol–water partition coefficient (Wildman–Crippen LogP) is 3.39. The molecule has 0 bridgehead atoms. The second-order valence-electron chi connectivity index (χ2n) is 7.13. The molecule has 0 fully saturated rings. The summed E-state index contributed by atoms with van der Waals surface area (Å²) in [7, 11) is 0. The van der Waals surface area contributed by atoms with E-state index < -0.39 is 5.91 Å². The Balaban J connectivity index is 1.49. The largest absolute Gasteiger partial charge is 0.366 e. The van der Waals surface area contributed by atoms with Gasteiger partial charge < -0.3 is 11.1 Å². The van der Waals surface area contributed by atoms with E-state index >= 15 is 0 Å². The molecular weight excluding hydrogens is 388 g/mol. The Morgan fingerprint density at radius 3 is 2.61 bits per heavy atom. The molecule has 4 rings (SSSR count). The number of benzene rings is 2. The third-order valence-corrected chi connectivity index (χ3v) is 4.94. The standard InChI is InChI=1S/C24H20N6O/c25-10-9-16-7-8-19(27-13-16)12-17-3-1-4-18(11-17)14-28-24-21-6-2-5-20(23(26)31)22(21)29-15-30-24/h1-8,11,13,15H,9,12,14H2,(H2,26,31)(H,28,29,30). The highest BCUT2D eigenvalue weighted by molar-refractivity contribution is 6.06. The molecule has 0 aliphatic carbocycles. The van der Waals surface area contributed by atoms with Crippen LogP contribution < -0.4 is 11.1 Å². The summed E-state index contributed by atoms with van der Waals surface area (Å²) in [6.45, 7) is 0.565. The number of hydrogen-bond acceptors (Lipinski definition) is 6. The minimum atomic E-state index is -0.516. The molecule has 0 aliphatic rings. The first kappa shape index (κ1) is 20.0. The number of fused-ring (bicyclic) bond motifs is 1. The highest BCUT2D eigenvalue weighted by Gasteiger charge is 2.11. The minimum Gasteiger partial charge on any atom is -0.366 e. The molecule has 2 heterocycles. The molecule has 0 atom stereocenters. The van der Waals surface area contributed by atoms with Crippen LogP contribution in [0.2, 0.25) is 0 Å². The summed E-state index contributed by atoms with van der Waals surface area (Å²) in [5.41, 5.74) is 10.5. The number of para-hydroxylation sites is 1. The number of carbonyl (C=O) groups excluding carboxylic acids is 1. The van der Waals surface area contributed by atoms with Gasteiger partial charge in [0.15, 0.2) is 0 Å². The number of nitrogens with two attached hydrogens (primary N) is 1. The van der Waals surface area contributed by atoms with Gasteiger partial charge in [-0.05, 0) is 34.9 Å². The Hall–Kier alpha value is -4.31. The zero-order chi connectivity index (χ0) is 21.6. The molecule has 152 valence electrons. The highest BCUT2D eigenvalue weighted by Crippen LogP contribution is 2.22. The van der Waals surface area contributed by atoms with Crippen molar-refractivity contribution in [1.29, 1.82) is 5.26 Å². The van der Waals surface area contributed by atoms with Gasteiger partial charge in [0.2, 0.25) is 0 Å². The molecule has 1 amide bonds. The number of hydrogen-bond donors (Lipinski definition) is 2. The number of primary amides is 1. The summed E-state index contributed by atoms with van der Waals surface area (Å²) in [5.74, 6) is 0.130. The third-order valence-electron chi connectivity index (χ3n) is 4.94. The molecule has 4 aromatic rings. The van der Waals surface area contributed by atoms with Gasteiger partial charge in [-0.25, -0.2) is 9.97 Å². The normalized spacial score (nSPS) is 10.5. The monoisotopic (exact) mass is 408 g/mol. The molecule has 0 spiro atoms. The second kappa shape index (κ2) is 9.01. The van der Waals surface area contributed by atoms with Gasteiger partial charge in [-0.2, -0.15) is 5.26 Å². The molecule has 2 aromatic heterocycles. The lowest BCUT2D eigenvalue weighted by molar-refractivity contribution is 0.100. The second-order valence-corrected chi connectivity index (χ2v) is 7.13. The number of nitrogens with one attached hydrogen (secondary N) is 1. The van der Waals surface area contributed by atoms with Crippen molar-refractivity contribution in [1.82, 2.24) is 15.0 Å². The number of anilines is 1. The van der Waals surface area contributed by atoms with Gasteiger partial charge in [0.05, 0.1) is 23.6 Å². The minimum absolute atomic E-state index is 0.368. The molecule has 7 nitrogen and oxygen atoms in total. The van der Waals surface area contributed by atoms with Crippen LogP contribution in [-0.4, -0.2) is 20.9 Å². The van der Waals surface area contributed by atoms with Crippen molar-refractivity contribution in [2.75, 3.05) is 5.32 Å². The first-order valence-electron chi connectivity index (χ1n) is 9.80. The van der Waals surface area contributed by atoms with E-state index in [1.807, 2.05) is 30.3 Å². The average Bonchev–Trinajstić information content (AvgIpc) is 2.79. The quantitative estimate of drug-likeness (QED) is 0.484. The van der Waals surface area contributed by atoms with Crippen LogP contribution in [0.5, 0.6) is 0 Å². The van der Waals surface area contributed by atoms with Gasteiger partial charge in [0.25, 0.3) is 5.91 Å². The van der Waals surface area contributed by atoms with Crippen molar-refractivity contribution >= 4 is 22.6 Å². The lowest BCUT2D eigenvalue weighted by atomic mass is 10.1. The van der Waals surface area contributed by atoms with E-state index in [0.29, 0.717) is 36.3 Å². The van der Waals surface area contributed by atoms with Gasteiger partial charge in [-0.1, -0.05) is 36.4 Å². The van der Waals surface area contributed by atoms with E-state index in [9.17, 15) is 4.79 Å². The van der Waals surface area contributed by atoms with Gasteiger partial charge >= 0.3 is 0 Å². The van der Waals surface area contributed by atoms with Crippen molar-refractivity contribution in [2.24, 2.45) is 5.73 Å². The van der Waals surface area contributed by atoms with Crippen molar-refractivity contribution < 1.29 is 4.79 Å². The van der Waals surface area contributed by atoms with E-state index in [0.717, 1.165) is 27.8 Å². The Morgan fingerprint density at radius 1 is 1.00 bits per heavy atom. The van der Waals surface area contributed by atoms with Crippen LogP contribution >= 0.6 is 0 Å². The van der Waals surface area contributed by atoms with Crippen LogP contribution in [0, 0.1) is 11.3 Å². The van der Waals surface area contributed by atoms with Crippen LogP contribution in [0.15, 0.2) is 67.1 Å². The molecule has 31 heavy (non-hydrogen) atoms. The summed E-state index contributed by atoms with van der Waals surface area (Å²) in [6.07, 6.45) is 4.26. The summed E-state index contributed by atoms with van der Waals surface area (Å²) in [6, 6.07) is 19.6. The first-order valence-corrected chi connectivity index (χ1v) is 9.80. The van der Waals surface area contributed by atoms with E-state index in [2.05, 4.69) is 38.5 Å². The maximum absolute atomic E-state index is 11.7. The Morgan fingerprint density at radius 2 is 1.84 bits per heavy atom. The predicted molar refractivity (Wildman–Crippen MR) is 118 cm³/mol. The number of nitrogens with zero attached hydrogens (tertiary/aromatic N) is 4. The third kappa shape index (κ3) is 4.65. The fourth-order valence-corrected chi connectivity index (χ4v) is 3.43. The number of amides is 1. The van der Waals surface area contributed by atoms with Crippen LogP contribution in [0.4, 0.5) is 5.82 Å². The van der Waals surface area contributed by atoms with E-state index in [-0.39, 0.29) is 0 Å². The van der Waals surface area contributed by atoms with Gasteiger partial charge in [-0.15, -0.1) is 0 Å². The van der Waals surface area contributed by atoms with Gasteiger partial charge in [0, 0.05) is 30.2 Å². The lowest BCUT2D eigenvalue weighted by Crippen LogP contribution is -2.12. The Labute approximate surface area is 179 Å². The zero-order valence-corrected chi connectivity index (χ0v) is 16.7. The number of pyridine rings is 1. The van der Waals surface area contributed by atoms with Crippen molar-refractivity contribution in [3.8, 4) is 6.07 Å². The fourth-order valence-electron chi connectivity index (χ4n) is 3.43. The van der Waals surface area contributed by atoms with Crippen molar-refractivity contribution in [2.45, 2.75) is 19.4 Å². The summed E-state index contributed by atoms with van der Waals surface area (Å²) >= 11 is 0. The average molecular weight is 408 g/mol. The SMILES string of the molecule is N#CCc1ccc(Cc2cccc(CNc3ncnc4c(C(N)=O)cccc34)c2)nc1. The van der Waals surface area contributed by atoms with Crippen LogP contribution in [0.25, 0.3) is 10.9 Å². The van der Waals surface area contributed by atoms with Gasteiger partial charge in [-0.3, -0.25) is 9.78 Å². The molecule has 3 N–H and O–H groups in total. The number of carbonyl (C=O) groups is 1. The number of nitriles is 1. The summed E-state index contributed by atoms with van der Waals surface area (Å²) in [4.78, 5) is 24.7. The summed E-state index contributed by atoms with van der Waals surface area (Å²) < 4.78 is 0. The van der Waals surface area contributed by atoms with Crippen LogP contribution in [-0.2, 0) is 19.4 Å². The smallest absolute Gasteiger partial charge is 0.250 e. The molecule has 0 saturated heterocycles. The van der Waals surface area contributed by atoms with E-state index in [1.165, 1.54) is 6.33 Å². The Kier molecular flexibility index (Phi) is 5.81. The molecular formula is C24H20N6O. The topological polar surface area (TPSA) is 118 Å². The molecule has 0 unspecified atom stereocenters. The zero-order valence-electron chi connectivity index (χ0n) is 16.7. The lowest BCUT2D eigenvalue weighted by Gasteiger charge is -2.11. The molecule has 0 saturated carbocycles. The molecule has 0 aliphatic heterocycles. The highest BCUT2D eigenvalue weighted by atomic mass is 16.1. The molecule has 0 radical (unpaired) electrons. The Bertz CT molecular complexity index is 1280. The maximum Gasteiger partial charge on any atom is 0.250 e. The van der Waals surface area contributed by atoms with Crippen molar-refractivity contribution in [3.63, 3.8) is 0 Å². The van der Waals surface area contributed by atoms with Crippen LogP contribution in [0.3, 0.4) is 0 Å². The van der Waals surface area contributed by atoms with Crippen molar-refractivity contribution in [3.05, 3.63) is 95.1 Å². The number of rotatable bonds is 7. The first-order chi connectivity index (χ1) is 15.1. The van der Waals surface area contributed by atoms with E-state index in [1.54, 1.807) is 18.3 Å². The number of aromatic nitrogens is 3. The van der Waals surface area contributed by atoms with Gasteiger partial charge in [0.1, 0.15) is 12.1 Å².